The molecule has 0 aromatic heterocycles. The summed E-state index contributed by atoms with van der Waals surface area (Å²) in [6.07, 6.45) is 0.777. The van der Waals surface area contributed by atoms with Crippen LogP contribution in [0.2, 0.25) is 0 Å². The van der Waals surface area contributed by atoms with Crippen LogP contribution in [0, 0.1) is 5.41 Å². The van der Waals surface area contributed by atoms with Gasteiger partial charge < -0.3 is 0 Å². The molecule has 1 aromatic carbocycles. The Kier molecular flexibility index (Phi) is 3.94. The van der Waals surface area contributed by atoms with Crippen molar-refractivity contribution in [2.24, 2.45) is 5.41 Å². The molecule has 0 aliphatic rings. The van der Waals surface area contributed by atoms with Crippen LogP contribution in [0.25, 0.3) is 0 Å². The molecule has 0 atom stereocenters. The largest absolute Gasteiger partial charge is 0.446 e. The molecule has 0 N–H and O–H groups in total. The first-order chi connectivity index (χ1) is 7.16. The SMILES string of the molecule is CC(C)(C)Cc1cccc(SC(F)(F)F)c1. The fraction of sp³-hybridized carbons (Fsp3) is 0.500. The molecule has 0 nitrogen and oxygen atoms in total. The Morgan fingerprint density at radius 2 is 1.75 bits per heavy atom. The Morgan fingerprint density at radius 1 is 1.12 bits per heavy atom. The van der Waals surface area contributed by atoms with Gasteiger partial charge in [-0.2, -0.15) is 13.2 Å². The molecule has 0 spiro atoms. The highest BCUT2D eigenvalue weighted by molar-refractivity contribution is 8.00. The van der Waals surface area contributed by atoms with Crippen LogP contribution in [0.4, 0.5) is 13.2 Å². The first-order valence-corrected chi connectivity index (χ1v) is 5.82. The van der Waals surface area contributed by atoms with E-state index in [1.54, 1.807) is 12.1 Å². The summed E-state index contributed by atoms with van der Waals surface area (Å²) < 4.78 is 36.5. The monoisotopic (exact) mass is 248 g/mol. The quantitative estimate of drug-likeness (QED) is 0.672. The fourth-order valence-electron chi connectivity index (χ4n) is 1.46. The van der Waals surface area contributed by atoms with Gasteiger partial charge in [0.25, 0.3) is 0 Å². The summed E-state index contributed by atoms with van der Waals surface area (Å²) in [4.78, 5) is 0.259. The second kappa shape index (κ2) is 4.70. The summed E-state index contributed by atoms with van der Waals surface area (Å²) in [6, 6.07) is 6.65. The molecule has 0 aliphatic carbocycles. The summed E-state index contributed by atoms with van der Waals surface area (Å²) in [5.41, 5.74) is -3.18. The van der Waals surface area contributed by atoms with Crippen LogP contribution in [0.3, 0.4) is 0 Å². The Labute approximate surface area is 98.2 Å². The molecule has 0 saturated heterocycles. The molecular formula is C12H15F3S. The molecule has 90 valence electrons. The van der Waals surface area contributed by atoms with Gasteiger partial charge in [0.15, 0.2) is 0 Å². The Balaban J connectivity index is 2.79. The molecule has 0 saturated carbocycles. The molecule has 0 unspecified atom stereocenters. The van der Waals surface area contributed by atoms with Gasteiger partial charge in [0, 0.05) is 4.90 Å². The van der Waals surface area contributed by atoms with Crippen LogP contribution >= 0.6 is 11.8 Å². The minimum absolute atomic E-state index is 0.0591. The van der Waals surface area contributed by atoms with Gasteiger partial charge in [0.05, 0.1) is 0 Å². The van der Waals surface area contributed by atoms with E-state index in [4.69, 9.17) is 0 Å². The van der Waals surface area contributed by atoms with Gasteiger partial charge in [0.2, 0.25) is 0 Å². The zero-order chi connectivity index (χ0) is 12.4. The predicted molar refractivity (Wildman–Crippen MR) is 61.5 cm³/mol. The van der Waals surface area contributed by atoms with Crippen molar-refractivity contribution < 1.29 is 13.2 Å². The standard InChI is InChI=1S/C12H15F3S/c1-11(2,3)8-9-5-4-6-10(7-9)16-12(13,14)15/h4-7H,8H2,1-3H3. The van der Waals surface area contributed by atoms with Crippen molar-refractivity contribution in [3.63, 3.8) is 0 Å². The van der Waals surface area contributed by atoms with Gasteiger partial charge in [-0.1, -0.05) is 32.9 Å². The van der Waals surface area contributed by atoms with Crippen molar-refractivity contribution in [1.29, 1.82) is 0 Å². The smallest absolute Gasteiger partial charge is 0.160 e. The molecule has 1 aromatic rings. The lowest BCUT2D eigenvalue weighted by Gasteiger charge is -2.18. The zero-order valence-corrected chi connectivity index (χ0v) is 10.4. The highest BCUT2D eigenvalue weighted by Crippen LogP contribution is 2.37. The minimum atomic E-state index is -4.21. The minimum Gasteiger partial charge on any atom is -0.160 e. The summed E-state index contributed by atoms with van der Waals surface area (Å²) in [5, 5.41) is 0. The molecule has 4 heteroatoms. The number of hydrogen-bond donors (Lipinski definition) is 0. The molecule has 16 heavy (non-hydrogen) atoms. The van der Waals surface area contributed by atoms with Crippen molar-refractivity contribution in [3.8, 4) is 0 Å². The maximum atomic E-state index is 12.2. The average molecular weight is 248 g/mol. The molecule has 0 heterocycles. The normalized spacial score (nSPS) is 12.9. The molecule has 0 aliphatic heterocycles. The maximum Gasteiger partial charge on any atom is 0.446 e. The number of hydrogen-bond acceptors (Lipinski definition) is 1. The van der Waals surface area contributed by atoms with Crippen molar-refractivity contribution in [3.05, 3.63) is 29.8 Å². The van der Waals surface area contributed by atoms with E-state index in [2.05, 4.69) is 20.8 Å². The topological polar surface area (TPSA) is 0 Å². The van der Waals surface area contributed by atoms with E-state index in [-0.39, 0.29) is 22.1 Å². The van der Waals surface area contributed by atoms with Crippen LogP contribution in [-0.2, 0) is 6.42 Å². The van der Waals surface area contributed by atoms with Crippen molar-refractivity contribution in [2.75, 3.05) is 0 Å². The van der Waals surface area contributed by atoms with Gasteiger partial charge in [-0.15, -0.1) is 0 Å². The lowest BCUT2D eigenvalue weighted by molar-refractivity contribution is -0.0328. The van der Waals surface area contributed by atoms with Gasteiger partial charge in [0.1, 0.15) is 0 Å². The number of benzene rings is 1. The summed E-state index contributed by atoms with van der Waals surface area (Å²) >= 11 is -0.0591. The van der Waals surface area contributed by atoms with Crippen LogP contribution in [0.15, 0.2) is 29.2 Å². The molecular weight excluding hydrogens is 233 g/mol. The van der Waals surface area contributed by atoms with Crippen LogP contribution in [0.1, 0.15) is 26.3 Å². The highest BCUT2D eigenvalue weighted by atomic mass is 32.2. The number of halogens is 3. The first-order valence-electron chi connectivity index (χ1n) is 5.00. The second-order valence-corrected chi connectivity index (χ2v) is 6.07. The fourth-order valence-corrected chi connectivity index (χ4v) is 2.09. The molecule has 0 radical (unpaired) electrons. The van der Waals surface area contributed by atoms with Crippen LogP contribution < -0.4 is 0 Å². The van der Waals surface area contributed by atoms with Gasteiger partial charge in [-0.3, -0.25) is 0 Å². The molecule has 1 rings (SSSR count). The Morgan fingerprint density at radius 3 is 2.25 bits per heavy atom. The third-order valence-corrected chi connectivity index (χ3v) is 2.59. The number of thioether (sulfide) groups is 1. The first kappa shape index (κ1) is 13.4. The Bertz CT molecular complexity index is 319. The van der Waals surface area contributed by atoms with Crippen LogP contribution in [-0.4, -0.2) is 5.51 Å². The lowest BCUT2D eigenvalue weighted by atomic mass is 9.88. The summed E-state index contributed by atoms with van der Waals surface area (Å²) in [5.74, 6) is 0. The van der Waals surface area contributed by atoms with Crippen LogP contribution in [0.5, 0.6) is 0 Å². The maximum absolute atomic E-state index is 12.2. The second-order valence-electron chi connectivity index (χ2n) is 4.93. The number of alkyl halides is 3. The van der Waals surface area contributed by atoms with E-state index in [1.165, 1.54) is 6.07 Å². The van der Waals surface area contributed by atoms with E-state index >= 15 is 0 Å². The third kappa shape index (κ3) is 5.45. The van der Waals surface area contributed by atoms with E-state index in [1.807, 2.05) is 6.07 Å². The highest BCUT2D eigenvalue weighted by Gasteiger charge is 2.29. The molecule has 0 amide bonds. The predicted octanol–water partition coefficient (Wildman–Crippen LogP) is 4.89. The Hall–Kier alpha value is -0.640. The van der Waals surface area contributed by atoms with E-state index in [0.29, 0.717) is 0 Å². The summed E-state index contributed by atoms with van der Waals surface area (Å²) in [6.45, 7) is 6.20. The lowest BCUT2D eigenvalue weighted by Crippen LogP contribution is -2.09. The average Bonchev–Trinajstić information content (AvgIpc) is 1.96. The van der Waals surface area contributed by atoms with Gasteiger partial charge in [-0.05, 0) is 41.3 Å². The van der Waals surface area contributed by atoms with E-state index < -0.39 is 5.51 Å². The van der Waals surface area contributed by atoms with E-state index in [9.17, 15) is 13.2 Å². The third-order valence-electron chi connectivity index (χ3n) is 1.87. The van der Waals surface area contributed by atoms with Gasteiger partial charge in [-0.25, -0.2) is 0 Å². The molecule has 0 bridgehead atoms. The zero-order valence-electron chi connectivity index (χ0n) is 9.56. The van der Waals surface area contributed by atoms with Crippen molar-refractivity contribution >= 4 is 11.8 Å². The molecule has 0 fully saturated rings. The number of rotatable bonds is 2. The van der Waals surface area contributed by atoms with Crippen molar-refractivity contribution in [2.45, 2.75) is 37.6 Å². The van der Waals surface area contributed by atoms with Crippen molar-refractivity contribution in [1.82, 2.24) is 0 Å². The summed E-state index contributed by atoms with van der Waals surface area (Å²) in [7, 11) is 0. The van der Waals surface area contributed by atoms with Gasteiger partial charge >= 0.3 is 5.51 Å². The van der Waals surface area contributed by atoms with E-state index in [0.717, 1.165) is 12.0 Å².